The minimum atomic E-state index is -0.939. The molecule has 0 saturated heterocycles. The summed E-state index contributed by atoms with van der Waals surface area (Å²) in [6.07, 6.45) is -1.82. The fourth-order valence-electron chi connectivity index (χ4n) is 1.93. The van der Waals surface area contributed by atoms with E-state index in [1.165, 1.54) is 20.8 Å². The fraction of sp³-hybridized carbons (Fsp3) is 0.471. The van der Waals surface area contributed by atoms with Crippen molar-refractivity contribution in [3.05, 3.63) is 35.9 Å². The van der Waals surface area contributed by atoms with Crippen LogP contribution in [0.5, 0.6) is 0 Å². The molecular weight excluding hydrogens is 316 g/mol. The Morgan fingerprint density at radius 2 is 1.38 bits per heavy atom. The van der Waals surface area contributed by atoms with E-state index in [9.17, 15) is 14.4 Å². The Hall–Kier alpha value is -2.41. The highest BCUT2D eigenvalue weighted by Gasteiger charge is 2.29. The van der Waals surface area contributed by atoms with Gasteiger partial charge in [-0.05, 0) is 5.56 Å². The predicted octanol–water partition coefficient (Wildman–Crippen LogP) is 1.63. The van der Waals surface area contributed by atoms with Gasteiger partial charge in [0.1, 0.15) is 6.61 Å². The summed E-state index contributed by atoms with van der Waals surface area (Å²) < 4.78 is 20.7. The van der Waals surface area contributed by atoms with Gasteiger partial charge in [0.05, 0.1) is 13.2 Å². The van der Waals surface area contributed by atoms with Gasteiger partial charge in [0.2, 0.25) is 0 Å². The lowest BCUT2D eigenvalue weighted by Gasteiger charge is -2.25. The summed E-state index contributed by atoms with van der Waals surface area (Å²) in [7, 11) is 0. The van der Waals surface area contributed by atoms with E-state index in [2.05, 4.69) is 0 Å². The first-order valence-corrected chi connectivity index (χ1v) is 7.48. The molecule has 1 rings (SSSR count). The average molecular weight is 338 g/mol. The summed E-state index contributed by atoms with van der Waals surface area (Å²) >= 11 is 0. The Kier molecular flexibility index (Phi) is 8.49. The van der Waals surface area contributed by atoms with Crippen molar-refractivity contribution < 1.29 is 33.3 Å². The van der Waals surface area contributed by atoms with E-state index in [1.807, 2.05) is 30.3 Å². The molecule has 0 N–H and O–H groups in total. The Morgan fingerprint density at radius 3 is 1.88 bits per heavy atom. The number of carbonyl (C=O) groups is 3. The van der Waals surface area contributed by atoms with Crippen molar-refractivity contribution in [3.8, 4) is 0 Å². The van der Waals surface area contributed by atoms with Crippen LogP contribution in [0, 0.1) is 0 Å². The lowest BCUT2D eigenvalue weighted by Crippen LogP contribution is -2.41. The Labute approximate surface area is 140 Å². The van der Waals surface area contributed by atoms with Crippen LogP contribution >= 0.6 is 0 Å². The standard InChI is InChI=1S/C17H22O7/c1-12(18)22-11-17(24-14(3)20)16(23-13(2)19)10-21-9-15-7-5-4-6-8-15/h4-8,16-17H,9-11H2,1-3H3/t16-,17+/m0/s1. The van der Waals surface area contributed by atoms with Crippen molar-refractivity contribution in [2.75, 3.05) is 13.2 Å². The van der Waals surface area contributed by atoms with E-state index in [1.54, 1.807) is 0 Å². The number of esters is 3. The molecule has 24 heavy (non-hydrogen) atoms. The molecule has 0 aromatic heterocycles. The van der Waals surface area contributed by atoms with Crippen LogP contribution in [0.1, 0.15) is 26.3 Å². The van der Waals surface area contributed by atoms with E-state index >= 15 is 0 Å². The molecule has 7 heteroatoms. The van der Waals surface area contributed by atoms with Gasteiger partial charge in [0.25, 0.3) is 0 Å². The molecule has 0 aliphatic carbocycles. The van der Waals surface area contributed by atoms with Crippen molar-refractivity contribution >= 4 is 17.9 Å². The second kappa shape index (κ2) is 10.4. The van der Waals surface area contributed by atoms with E-state index in [0.29, 0.717) is 6.61 Å². The highest BCUT2D eigenvalue weighted by molar-refractivity contribution is 5.68. The molecule has 0 radical (unpaired) electrons. The smallest absolute Gasteiger partial charge is 0.303 e. The normalized spacial score (nSPS) is 12.8. The molecular formula is C17H22O7. The maximum Gasteiger partial charge on any atom is 0.303 e. The van der Waals surface area contributed by atoms with Crippen LogP contribution in [0.4, 0.5) is 0 Å². The van der Waals surface area contributed by atoms with Gasteiger partial charge in [-0.2, -0.15) is 0 Å². The number of benzene rings is 1. The third-order valence-corrected chi connectivity index (χ3v) is 2.89. The summed E-state index contributed by atoms with van der Waals surface area (Å²) in [4.78, 5) is 33.5. The van der Waals surface area contributed by atoms with Crippen LogP contribution in [0.2, 0.25) is 0 Å². The molecule has 0 aliphatic heterocycles. The molecule has 0 saturated carbocycles. The number of carbonyl (C=O) groups excluding carboxylic acids is 3. The van der Waals surface area contributed by atoms with Crippen LogP contribution in [0.15, 0.2) is 30.3 Å². The van der Waals surface area contributed by atoms with Gasteiger partial charge in [-0.3, -0.25) is 14.4 Å². The van der Waals surface area contributed by atoms with Crippen LogP contribution in [-0.4, -0.2) is 43.3 Å². The molecule has 0 aliphatic rings. The third kappa shape index (κ3) is 8.28. The Bertz CT molecular complexity index is 541. The third-order valence-electron chi connectivity index (χ3n) is 2.89. The summed E-state index contributed by atoms with van der Waals surface area (Å²) in [6, 6.07) is 9.43. The lowest BCUT2D eigenvalue weighted by molar-refractivity contribution is -0.178. The molecule has 132 valence electrons. The number of hydrogen-bond acceptors (Lipinski definition) is 7. The molecule has 2 atom stereocenters. The SMILES string of the molecule is CC(=O)OC[C@@H](OC(C)=O)[C@H](COCc1ccccc1)OC(C)=O. The number of hydrogen-bond donors (Lipinski definition) is 0. The van der Waals surface area contributed by atoms with Gasteiger partial charge >= 0.3 is 17.9 Å². The maximum absolute atomic E-state index is 11.3. The summed E-state index contributed by atoms with van der Waals surface area (Å²) in [5, 5.41) is 0. The second-order valence-corrected chi connectivity index (χ2v) is 5.10. The summed E-state index contributed by atoms with van der Waals surface area (Å²) in [5.41, 5.74) is 0.947. The number of ether oxygens (including phenoxy) is 4. The van der Waals surface area contributed by atoms with Crippen molar-refractivity contribution in [3.63, 3.8) is 0 Å². The molecule has 0 spiro atoms. The monoisotopic (exact) mass is 338 g/mol. The summed E-state index contributed by atoms with van der Waals surface area (Å²) in [5.74, 6) is -1.66. The Morgan fingerprint density at radius 1 is 0.833 bits per heavy atom. The first-order chi connectivity index (χ1) is 11.4. The van der Waals surface area contributed by atoms with Gasteiger partial charge in [0.15, 0.2) is 12.2 Å². The molecule has 0 bridgehead atoms. The molecule has 0 fully saturated rings. The van der Waals surface area contributed by atoms with Crippen molar-refractivity contribution in [2.45, 2.75) is 39.6 Å². The largest absolute Gasteiger partial charge is 0.462 e. The first-order valence-electron chi connectivity index (χ1n) is 7.48. The highest BCUT2D eigenvalue weighted by Crippen LogP contribution is 2.10. The van der Waals surface area contributed by atoms with E-state index in [-0.39, 0.29) is 13.2 Å². The molecule has 1 aromatic carbocycles. The minimum Gasteiger partial charge on any atom is -0.462 e. The number of rotatable bonds is 9. The lowest BCUT2D eigenvalue weighted by atomic mass is 10.2. The van der Waals surface area contributed by atoms with E-state index < -0.39 is 30.1 Å². The molecule has 0 heterocycles. The van der Waals surface area contributed by atoms with Crippen molar-refractivity contribution in [2.24, 2.45) is 0 Å². The summed E-state index contributed by atoms with van der Waals surface area (Å²) in [6.45, 7) is 3.77. The van der Waals surface area contributed by atoms with Crippen LogP contribution in [-0.2, 0) is 39.9 Å². The molecule has 0 amide bonds. The minimum absolute atomic E-state index is 0.00626. The van der Waals surface area contributed by atoms with Gasteiger partial charge in [-0.25, -0.2) is 0 Å². The fourth-order valence-corrected chi connectivity index (χ4v) is 1.93. The zero-order valence-electron chi connectivity index (χ0n) is 14.0. The van der Waals surface area contributed by atoms with Crippen LogP contribution in [0.25, 0.3) is 0 Å². The van der Waals surface area contributed by atoms with Crippen molar-refractivity contribution in [1.82, 2.24) is 0 Å². The average Bonchev–Trinajstić information content (AvgIpc) is 2.50. The topological polar surface area (TPSA) is 88.1 Å². The second-order valence-electron chi connectivity index (χ2n) is 5.10. The van der Waals surface area contributed by atoms with Gasteiger partial charge in [-0.1, -0.05) is 30.3 Å². The van der Waals surface area contributed by atoms with Gasteiger partial charge in [-0.15, -0.1) is 0 Å². The first kappa shape index (κ1) is 19.6. The molecule has 1 aromatic rings. The zero-order valence-corrected chi connectivity index (χ0v) is 14.0. The van der Waals surface area contributed by atoms with E-state index in [0.717, 1.165) is 5.56 Å². The van der Waals surface area contributed by atoms with Gasteiger partial charge in [0, 0.05) is 20.8 Å². The van der Waals surface area contributed by atoms with Gasteiger partial charge < -0.3 is 18.9 Å². The quantitative estimate of drug-likeness (QED) is 0.499. The Balaban J connectivity index is 2.68. The zero-order chi connectivity index (χ0) is 17.9. The molecule has 0 unspecified atom stereocenters. The van der Waals surface area contributed by atoms with Crippen LogP contribution in [0.3, 0.4) is 0 Å². The van der Waals surface area contributed by atoms with Crippen molar-refractivity contribution in [1.29, 1.82) is 0 Å². The van der Waals surface area contributed by atoms with Crippen LogP contribution < -0.4 is 0 Å². The maximum atomic E-state index is 11.3. The van der Waals surface area contributed by atoms with E-state index in [4.69, 9.17) is 18.9 Å². The highest BCUT2D eigenvalue weighted by atomic mass is 16.6. The predicted molar refractivity (Wildman–Crippen MR) is 83.8 cm³/mol. The molecule has 7 nitrogen and oxygen atoms in total.